The van der Waals surface area contributed by atoms with Crippen LogP contribution in [-0.2, 0) is 9.63 Å². The molecule has 1 aromatic rings. The van der Waals surface area contributed by atoms with Gasteiger partial charge in [0.1, 0.15) is 5.69 Å². The molecule has 6 nitrogen and oxygen atoms in total. The van der Waals surface area contributed by atoms with Crippen LogP contribution in [0.2, 0.25) is 0 Å². The summed E-state index contributed by atoms with van der Waals surface area (Å²) >= 11 is 0.951. The second-order valence-corrected chi connectivity index (χ2v) is 3.25. The molecule has 0 unspecified atom stereocenters. The van der Waals surface area contributed by atoms with E-state index in [1.807, 2.05) is 0 Å². The maximum Gasteiger partial charge on any atom is 0.332 e. The average molecular weight is 223 g/mol. The van der Waals surface area contributed by atoms with Gasteiger partial charge in [0, 0.05) is 6.92 Å². The van der Waals surface area contributed by atoms with E-state index < -0.39 is 5.97 Å². The van der Waals surface area contributed by atoms with E-state index >= 15 is 0 Å². The smallest absolute Gasteiger partial charge is 0.318 e. The molecule has 0 atom stereocenters. The third-order valence-electron chi connectivity index (χ3n) is 1.63. The van der Waals surface area contributed by atoms with Crippen molar-refractivity contribution in [3.63, 3.8) is 0 Å². The van der Waals surface area contributed by atoms with Crippen LogP contribution in [0.25, 0.3) is 6.08 Å². The van der Waals surface area contributed by atoms with E-state index in [9.17, 15) is 9.59 Å². The Labute approximate surface area is 88.6 Å². The van der Waals surface area contributed by atoms with Gasteiger partial charge in [0.25, 0.3) is 0 Å². The molecule has 76 valence electrons. The van der Waals surface area contributed by atoms with Crippen LogP contribution in [0.1, 0.15) is 23.1 Å². The highest BCUT2D eigenvalue weighted by Gasteiger charge is 2.23. The summed E-state index contributed by atoms with van der Waals surface area (Å²) < 4.78 is 7.72. The van der Waals surface area contributed by atoms with Gasteiger partial charge in [-0.3, -0.25) is 4.79 Å². The SMILES string of the molecule is CC(=O)O/N=C1/C=Cc2nsnc2C1=O. The van der Waals surface area contributed by atoms with Crippen LogP contribution in [-0.4, -0.2) is 26.2 Å². The Morgan fingerprint density at radius 2 is 2.27 bits per heavy atom. The number of aromatic nitrogens is 2. The van der Waals surface area contributed by atoms with Crippen LogP contribution in [0.5, 0.6) is 0 Å². The minimum atomic E-state index is -0.578. The number of rotatable bonds is 1. The molecule has 1 aromatic heterocycles. The van der Waals surface area contributed by atoms with Crippen LogP contribution in [0.3, 0.4) is 0 Å². The lowest BCUT2D eigenvalue weighted by Crippen LogP contribution is -2.17. The van der Waals surface area contributed by atoms with Gasteiger partial charge >= 0.3 is 5.97 Å². The molecule has 1 heterocycles. The lowest BCUT2D eigenvalue weighted by molar-refractivity contribution is -0.140. The lowest BCUT2D eigenvalue weighted by atomic mass is 10.1. The summed E-state index contributed by atoms with van der Waals surface area (Å²) in [6.07, 6.45) is 3.04. The zero-order valence-electron chi connectivity index (χ0n) is 7.63. The zero-order chi connectivity index (χ0) is 10.8. The van der Waals surface area contributed by atoms with Gasteiger partial charge in [-0.1, -0.05) is 5.16 Å². The molecule has 0 fully saturated rings. The number of hydrogen-bond acceptors (Lipinski definition) is 7. The summed E-state index contributed by atoms with van der Waals surface area (Å²) in [5.74, 6) is -0.964. The molecule has 0 N–H and O–H groups in total. The second kappa shape index (κ2) is 3.70. The monoisotopic (exact) mass is 223 g/mol. The minimum absolute atomic E-state index is 0.0467. The number of fused-ring (bicyclic) bond motifs is 1. The fourth-order valence-corrected chi connectivity index (χ4v) is 1.54. The van der Waals surface area contributed by atoms with Crippen molar-refractivity contribution in [1.29, 1.82) is 0 Å². The summed E-state index contributed by atoms with van der Waals surface area (Å²) in [5.41, 5.74) is 0.811. The molecule has 0 spiro atoms. The van der Waals surface area contributed by atoms with Crippen molar-refractivity contribution in [2.24, 2.45) is 5.16 Å². The standard InChI is InChI=1S/C8H5N3O3S/c1-4(12)14-9-6-3-2-5-7(8(6)13)11-15-10-5/h2-3H,1H3/b9-6-. The Kier molecular flexibility index (Phi) is 2.38. The molecule has 0 bridgehead atoms. The Morgan fingerprint density at radius 1 is 1.47 bits per heavy atom. The summed E-state index contributed by atoms with van der Waals surface area (Å²) in [6, 6.07) is 0. The fraction of sp³-hybridized carbons (Fsp3) is 0.125. The first-order valence-corrected chi connectivity index (χ1v) is 4.72. The molecule has 0 amide bonds. The highest BCUT2D eigenvalue weighted by molar-refractivity contribution is 6.99. The molecule has 2 rings (SSSR count). The highest BCUT2D eigenvalue weighted by atomic mass is 32.1. The van der Waals surface area contributed by atoms with Gasteiger partial charge in [0.15, 0.2) is 11.4 Å². The number of carbonyl (C=O) groups excluding carboxylic acids is 2. The molecular formula is C8H5N3O3S. The molecule has 1 aliphatic carbocycles. The molecule has 0 saturated carbocycles. The van der Waals surface area contributed by atoms with E-state index in [0.29, 0.717) is 5.69 Å². The van der Waals surface area contributed by atoms with Gasteiger partial charge in [-0.05, 0) is 12.2 Å². The third-order valence-corrected chi connectivity index (χ3v) is 2.18. The number of allylic oxidation sites excluding steroid dienone is 1. The van der Waals surface area contributed by atoms with Gasteiger partial charge in [-0.2, -0.15) is 8.75 Å². The minimum Gasteiger partial charge on any atom is -0.318 e. The first-order valence-electron chi connectivity index (χ1n) is 3.99. The van der Waals surface area contributed by atoms with E-state index in [2.05, 4.69) is 18.7 Å². The lowest BCUT2D eigenvalue weighted by Gasteiger charge is -2.02. The highest BCUT2D eigenvalue weighted by Crippen LogP contribution is 2.15. The first-order chi connectivity index (χ1) is 7.18. The van der Waals surface area contributed by atoms with Crippen LogP contribution in [0.4, 0.5) is 0 Å². The van der Waals surface area contributed by atoms with Gasteiger partial charge < -0.3 is 4.84 Å². The number of hydrogen-bond donors (Lipinski definition) is 0. The van der Waals surface area contributed by atoms with Crippen molar-refractivity contribution in [3.8, 4) is 0 Å². The average Bonchev–Trinajstić information content (AvgIpc) is 2.65. The van der Waals surface area contributed by atoms with Crippen molar-refractivity contribution in [2.45, 2.75) is 6.92 Å². The summed E-state index contributed by atoms with van der Waals surface area (Å²) in [7, 11) is 0. The Bertz CT molecular complexity index is 489. The normalized spacial score (nSPS) is 16.6. The van der Waals surface area contributed by atoms with Gasteiger partial charge in [-0.15, -0.1) is 0 Å². The fourth-order valence-electron chi connectivity index (χ4n) is 1.00. The maximum atomic E-state index is 11.6. The van der Waals surface area contributed by atoms with Crippen LogP contribution in [0.15, 0.2) is 11.2 Å². The van der Waals surface area contributed by atoms with E-state index in [-0.39, 0.29) is 17.2 Å². The second-order valence-electron chi connectivity index (χ2n) is 2.72. The molecule has 0 saturated heterocycles. The number of carbonyl (C=O) groups is 2. The Hall–Kier alpha value is -1.89. The predicted octanol–water partition coefficient (Wildman–Crippen LogP) is 0.667. The maximum absolute atomic E-state index is 11.6. The molecular weight excluding hydrogens is 218 g/mol. The number of ketones is 1. The van der Waals surface area contributed by atoms with Gasteiger partial charge in [-0.25, -0.2) is 4.79 Å². The predicted molar refractivity (Wildman–Crippen MR) is 52.5 cm³/mol. The van der Waals surface area contributed by atoms with Crippen molar-refractivity contribution in [2.75, 3.05) is 0 Å². The van der Waals surface area contributed by atoms with Gasteiger partial charge in [0.05, 0.1) is 11.7 Å². The molecule has 0 radical (unpaired) electrons. The molecule has 15 heavy (non-hydrogen) atoms. The largest absolute Gasteiger partial charge is 0.332 e. The van der Waals surface area contributed by atoms with Crippen molar-refractivity contribution < 1.29 is 14.4 Å². The summed E-state index contributed by atoms with van der Waals surface area (Å²) in [5, 5.41) is 3.41. The van der Waals surface area contributed by atoms with E-state index in [1.165, 1.54) is 13.0 Å². The van der Waals surface area contributed by atoms with Crippen LogP contribution >= 0.6 is 11.7 Å². The van der Waals surface area contributed by atoms with Gasteiger partial charge in [0.2, 0.25) is 5.78 Å². The van der Waals surface area contributed by atoms with Crippen molar-refractivity contribution in [1.82, 2.24) is 8.75 Å². The van der Waals surface area contributed by atoms with E-state index in [4.69, 9.17) is 0 Å². The zero-order valence-corrected chi connectivity index (χ0v) is 8.45. The first kappa shape index (κ1) is 9.66. The van der Waals surface area contributed by atoms with Crippen LogP contribution < -0.4 is 0 Å². The summed E-state index contributed by atoms with van der Waals surface area (Å²) in [4.78, 5) is 26.5. The van der Waals surface area contributed by atoms with Crippen LogP contribution in [0, 0.1) is 0 Å². The number of Topliss-reactive ketones (excluding diaryl/α,β-unsaturated/α-hetero) is 1. The molecule has 7 heteroatoms. The van der Waals surface area contributed by atoms with Crippen molar-refractivity contribution in [3.05, 3.63) is 17.5 Å². The van der Waals surface area contributed by atoms with E-state index in [1.54, 1.807) is 6.08 Å². The number of oxime groups is 1. The molecule has 1 aliphatic rings. The third kappa shape index (κ3) is 1.82. The summed E-state index contributed by atoms with van der Waals surface area (Å²) in [6.45, 7) is 1.21. The van der Waals surface area contributed by atoms with Crippen molar-refractivity contribution >= 4 is 35.3 Å². The quantitative estimate of drug-likeness (QED) is 0.516. The topological polar surface area (TPSA) is 81.5 Å². The molecule has 0 aromatic carbocycles. The Morgan fingerprint density at radius 3 is 3.00 bits per heavy atom. The van der Waals surface area contributed by atoms with E-state index in [0.717, 1.165) is 11.7 Å². The number of nitrogens with zero attached hydrogens (tertiary/aromatic N) is 3. The molecule has 0 aliphatic heterocycles. The Balaban J connectivity index is 2.30.